The molecule has 4 heteroatoms. The van der Waals surface area contributed by atoms with Gasteiger partial charge >= 0.3 is 0 Å². The fourth-order valence-electron chi connectivity index (χ4n) is 3.85. The van der Waals surface area contributed by atoms with Crippen LogP contribution in [0.5, 0.6) is 0 Å². The Hall–Kier alpha value is -2.10. The lowest BCUT2D eigenvalue weighted by Crippen LogP contribution is -2.41. The van der Waals surface area contributed by atoms with Crippen molar-refractivity contribution in [3.63, 3.8) is 0 Å². The maximum absolute atomic E-state index is 12.4. The molecule has 1 aromatic heterocycles. The number of amides is 1. The van der Waals surface area contributed by atoms with E-state index >= 15 is 0 Å². The molecule has 0 radical (unpaired) electrons. The Balaban J connectivity index is 1.36. The molecule has 2 atom stereocenters. The highest BCUT2D eigenvalue weighted by Crippen LogP contribution is 2.35. The van der Waals surface area contributed by atoms with Crippen LogP contribution in [-0.2, 0) is 24.2 Å². The van der Waals surface area contributed by atoms with E-state index in [0.29, 0.717) is 12.3 Å². The molecule has 1 N–H and O–H groups in total. The zero-order valence-electron chi connectivity index (χ0n) is 12.7. The summed E-state index contributed by atoms with van der Waals surface area (Å²) in [6.45, 7) is 0.850. The molecule has 0 saturated heterocycles. The summed E-state index contributed by atoms with van der Waals surface area (Å²) in [6.07, 6.45) is 8.60. The number of nitrogens with zero attached hydrogens (tertiary/aromatic N) is 2. The molecule has 0 saturated carbocycles. The summed E-state index contributed by atoms with van der Waals surface area (Å²) in [5.74, 6) is 1.72. The normalized spacial score (nSPS) is 22.9. The SMILES string of the molecule is O=C(CC1CCc2ccccc21)NC1CCc2nccn2C1. The largest absolute Gasteiger partial charge is 0.352 e. The maximum atomic E-state index is 12.4. The third-order valence-electron chi connectivity index (χ3n) is 4.99. The summed E-state index contributed by atoms with van der Waals surface area (Å²) in [5, 5.41) is 3.22. The van der Waals surface area contributed by atoms with Gasteiger partial charge in [-0.3, -0.25) is 4.79 Å². The number of hydrogen-bond donors (Lipinski definition) is 1. The van der Waals surface area contributed by atoms with E-state index in [1.54, 1.807) is 0 Å². The van der Waals surface area contributed by atoms with Gasteiger partial charge in [0.05, 0.1) is 0 Å². The summed E-state index contributed by atoms with van der Waals surface area (Å²) in [4.78, 5) is 16.7. The number of benzene rings is 1. The van der Waals surface area contributed by atoms with E-state index in [4.69, 9.17) is 0 Å². The number of aromatic nitrogens is 2. The Bertz CT molecular complexity index is 691. The molecular formula is C18H21N3O. The lowest BCUT2D eigenvalue weighted by Gasteiger charge is -2.25. The second kappa shape index (κ2) is 5.59. The Morgan fingerprint density at radius 1 is 1.27 bits per heavy atom. The van der Waals surface area contributed by atoms with Crippen molar-refractivity contribution < 1.29 is 4.79 Å². The minimum absolute atomic E-state index is 0.190. The molecule has 4 nitrogen and oxygen atoms in total. The van der Waals surface area contributed by atoms with E-state index in [1.807, 2.05) is 12.4 Å². The van der Waals surface area contributed by atoms with Crippen molar-refractivity contribution in [2.75, 3.05) is 0 Å². The number of fused-ring (bicyclic) bond motifs is 2. The van der Waals surface area contributed by atoms with Crippen molar-refractivity contribution in [3.8, 4) is 0 Å². The number of carbonyl (C=O) groups excluding carboxylic acids is 1. The summed E-state index contributed by atoms with van der Waals surface area (Å²) in [7, 11) is 0. The molecule has 1 aromatic carbocycles. The van der Waals surface area contributed by atoms with Crippen LogP contribution in [0.15, 0.2) is 36.7 Å². The van der Waals surface area contributed by atoms with Gasteiger partial charge in [-0.1, -0.05) is 24.3 Å². The zero-order chi connectivity index (χ0) is 14.9. The Kier molecular flexibility index (Phi) is 3.45. The van der Waals surface area contributed by atoms with Crippen molar-refractivity contribution in [3.05, 3.63) is 53.6 Å². The molecule has 0 bridgehead atoms. The predicted molar refractivity (Wildman–Crippen MR) is 84.6 cm³/mol. The van der Waals surface area contributed by atoms with Gasteiger partial charge in [0.15, 0.2) is 0 Å². The minimum atomic E-state index is 0.190. The van der Waals surface area contributed by atoms with Gasteiger partial charge < -0.3 is 9.88 Å². The Morgan fingerprint density at radius 3 is 3.14 bits per heavy atom. The van der Waals surface area contributed by atoms with Crippen LogP contribution in [0.2, 0.25) is 0 Å². The third kappa shape index (κ3) is 2.54. The first-order chi connectivity index (χ1) is 10.8. The molecule has 4 rings (SSSR count). The highest BCUT2D eigenvalue weighted by Gasteiger charge is 2.26. The van der Waals surface area contributed by atoms with Crippen LogP contribution in [0.1, 0.15) is 42.1 Å². The predicted octanol–water partition coefficient (Wildman–Crippen LogP) is 2.43. The standard InChI is InChI=1S/C18H21N3O/c22-18(11-14-6-5-13-3-1-2-4-16(13)14)20-15-7-8-17-19-9-10-21(17)12-15/h1-4,9-10,14-15H,5-8,11-12H2,(H,20,22). The minimum Gasteiger partial charge on any atom is -0.352 e. The second-order valence-corrected chi connectivity index (χ2v) is 6.44. The molecule has 1 aliphatic heterocycles. The van der Waals surface area contributed by atoms with E-state index in [0.717, 1.165) is 38.1 Å². The highest BCUT2D eigenvalue weighted by molar-refractivity contribution is 5.77. The fraction of sp³-hybridized carbons (Fsp3) is 0.444. The lowest BCUT2D eigenvalue weighted by atomic mass is 9.97. The van der Waals surface area contributed by atoms with Crippen LogP contribution in [0.3, 0.4) is 0 Å². The second-order valence-electron chi connectivity index (χ2n) is 6.44. The fourth-order valence-corrected chi connectivity index (χ4v) is 3.85. The van der Waals surface area contributed by atoms with Gasteiger partial charge in [0.1, 0.15) is 5.82 Å². The molecule has 1 amide bonds. The van der Waals surface area contributed by atoms with Gasteiger partial charge in [-0.15, -0.1) is 0 Å². The summed E-state index contributed by atoms with van der Waals surface area (Å²) < 4.78 is 2.15. The van der Waals surface area contributed by atoms with E-state index in [2.05, 4.69) is 39.1 Å². The average molecular weight is 295 g/mol. The van der Waals surface area contributed by atoms with Gasteiger partial charge in [-0.2, -0.15) is 0 Å². The first kappa shape index (κ1) is 13.6. The maximum Gasteiger partial charge on any atom is 0.220 e. The average Bonchev–Trinajstić information content (AvgIpc) is 3.14. The van der Waals surface area contributed by atoms with Crippen molar-refractivity contribution in [1.82, 2.24) is 14.9 Å². The number of hydrogen-bond acceptors (Lipinski definition) is 2. The number of rotatable bonds is 3. The van der Waals surface area contributed by atoms with Crippen molar-refractivity contribution in [1.29, 1.82) is 0 Å². The third-order valence-corrected chi connectivity index (χ3v) is 4.99. The van der Waals surface area contributed by atoms with Gasteiger partial charge in [0.2, 0.25) is 5.91 Å². The van der Waals surface area contributed by atoms with Gasteiger partial charge in [0.25, 0.3) is 0 Å². The van der Waals surface area contributed by atoms with Gasteiger partial charge in [-0.25, -0.2) is 4.98 Å². The van der Waals surface area contributed by atoms with Gasteiger partial charge in [0, 0.05) is 37.8 Å². The van der Waals surface area contributed by atoms with E-state index in [-0.39, 0.29) is 11.9 Å². The van der Waals surface area contributed by atoms with Crippen LogP contribution < -0.4 is 5.32 Å². The van der Waals surface area contributed by atoms with Gasteiger partial charge in [-0.05, 0) is 36.3 Å². The zero-order valence-corrected chi connectivity index (χ0v) is 12.7. The van der Waals surface area contributed by atoms with Crippen molar-refractivity contribution >= 4 is 5.91 Å². The molecule has 2 aliphatic rings. The molecule has 0 fully saturated rings. The molecule has 22 heavy (non-hydrogen) atoms. The number of carbonyl (C=O) groups is 1. The van der Waals surface area contributed by atoms with Crippen LogP contribution >= 0.6 is 0 Å². The molecule has 114 valence electrons. The van der Waals surface area contributed by atoms with E-state index < -0.39 is 0 Å². The number of aryl methyl sites for hydroxylation is 2. The first-order valence-corrected chi connectivity index (χ1v) is 8.17. The molecule has 0 spiro atoms. The summed E-state index contributed by atoms with van der Waals surface area (Å²) >= 11 is 0. The highest BCUT2D eigenvalue weighted by atomic mass is 16.1. The van der Waals surface area contributed by atoms with E-state index in [1.165, 1.54) is 11.1 Å². The molecule has 2 unspecified atom stereocenters. The number of nitrogens with one attached hydrogen (secondary N) is 1. The smallest absolute Gasteiger partial charge is 0.220 e. The monoisotopic (exact) mass is 295 g/mol. The Morgan fingerprint density at radius 2 is 2.18 bits per heavy atom. The lowest BCUT2D eigenvalue weighted by molar-refractivity contribution is -0.122. The topological polar surface area (TPSA) is 46.9 Å². The summed E-state index contributed by atoms with van der Waals surface area (Å²) in [5.41, 5.74) is 2.79. The van der Waals surface area contributed by atoms with Crippen LogP contribution in [0, 0.1) is 0 Å². The molecule has 2 aromatic rings. The summed E-state index contributed by atoms with van der Waals surface area (Å²) in [6, 6.07) is 8.78. The molecule has 1 aliphatic carbocycles. The first-order valence-electron chi connectivity index (χ1n) is 8.17. The Labute approximate surface area is 130 Å². The van der Waals surface area contributed by atoms with Crippen LogP contribution in [0.25, 0.3) is 0 Å². The van der Waals surface area contributed by atoms with Crippen LogP contribution in [-0.4, -0.2) is 21.5 Å². The number of imidazole rings is 1. The van der Waals surface area contributed by atoms with Crippen LogP contribution in [0.4, 0.5) is 0 Å². The van der Waals surface area contributed by atoms with E-state index in [9.17, 15) is 4.79 Å². The van der Waals surface area contributed by atoms with Crippen molar-refractivity contribution in [2.24, 2.45) is 0 Å². The quantitative estimate of drug-likeness (QED) is 0.945. The molecule has 2 heterocycles. The molecular weight excluding hydrogens is 274 g/mol. The van der Waals surface area contributed by atoms with Crippen molar-refractivity contribution in [2.45, 2.75) is 50.6 Å².